The molecule has 23 heavy (non-hydrogen) atoms. The Kier molecular flexibility index (Phi) is 3.97. The maximum Gasteiger partial charge on any atom is 0.262 e. The number of nitrogens with zero attached hydrogens (tertiary/aromatic N) is 1. The van der Waals surface area contributed by atoms with Crippen molar-refractivity contribution in [3.63, 3.8) is 0 Å². The van der Waals surface area contributed by atoms with Crippen LogP contribution in [0.25, 0.3) is 0 Å². The predicted molar refractivity (Wildman–Crippen MR) is 84.1 cm³/mol. The zero-order valence-electron chi connectivity index (χ0n) is 12.5. The number of benzene rings is 2. The normalized spacial score (nSPS) is 13.0. The van der Waals surface area contributed by atoms with E-state index in [1.165, 1.54) is 18.2 Å². The van der Waals surface area contributed by atoms with Crippen LogP contribution in [0.4, 0.5) is 15.8 Å². The lowest BCUT2D eigenvalue weighted by Crippen LogP contribution is -2.20. The third kappa shape index (κ3) is 3.31. The van der Waals surface area contributed by atoms with E-state index in [9.17, 15) is 14.0 Å². The van der Waals surface area contributed by atoms with Gasteiger partial charge in [0.15, 0.2) is 6.61 Å². The van der Waals surface area contributed by atoms with Crippen molar-refractivity contribution >= 4 is 23.2 Å². The van der Waals surface area contributed by atoms with Crippen LogP contribution in [-0.2, 0) is 16.0 Å². The smallest absolute Gasteiger partial charge is 0.262 e. The van der Waals surface area contributed by atoms with Gasteiger partial charge in [0.25, 0.3) is 5.91 Å². The molecule has 0 bridgehead atoms. The molecule has 0 unspecified atom stereocenters. The van der Waals surface area contributed by atoms with E-state index in [1.54, 1.807) is 36.2 Å². The lowest BCUT2D eigenvalue weighted by molar-refractivity contribution is -0.118. The summed E-state index contributed by atoms with van der Waals surface area (Å²) in [4.78, 5) is 25.1. The van der Waals surface area contributed by atoms with Gasteiger partial charge in [0, 0.05) is 24.5 Å². The van der Waals surface area contributed by atoms with Crippen molar-refractivity contribution < 1.29 is 18.7 Å². The van der Waals surface area contributed by atoms with Gasteiger partial charge >= 0.3 is 0 Å². The molecule has 0 atom stereocenters. The maximum absolute atomic E-state index is 13.0. The van der Waals surface area contributed by atoms with Crippen molar-refractivity contribution in [1.29, 1.82) is 0 Å². The van der Waals surface area contributed by atoms with Crippen molar-refractivity contribution in [2.75, 3.05) is 23.9 Å². The Morgan fingerprint density at radius 2 is 2.13 bits per heavy atom. The third-order valence-corrected chi connectivity index (χ3v) is 3.61. The molecule has 0 radical (unpaired) electrons. The number of likely N-dealkylation sites (N-methyl/N-ethyl adjacent to an activating group) is 1. The van der Waals surface area contributed by atoms with Gasteiger partial charge in [-0.15, -0.1) is 0 Å². The first kappa shape index (κ1) is 15.0. The molecule has 1 heterocycles. The van der Waals surface area contributed by atoms with Crippen LogP contribution < -0.4 is 15.0 Å². The number of carbonyl (C=O) groups is 2. The molecular weight excluding hydrogens is 299 g/mol. The Bertz CT molecular complexity index is 776. The molecule has 0 fully saturated rings. The van der Waals surface area contributed by atoms with Gasteiger partial charge in [-0.3, -0.25) is 9.59 Å². The number of rotatable bonds is 4. The third-order valence-electron chi connectivity index (χ3n) is 3.61. The van der Waals surface area contributed by atoms with Crippen LogP contribution in [0, 0.1) is 5.82 Å². The fraction of sp³-hybridized carbons (Fsp3) is 0.176. The van der Waals surface area contributed by atoms with Gasteiger partial charge in [-0.05, 0) is 35.9 Å². The van der Waals surface area contributed by atoms with Crippen molar-refractivity contribution in [2.24, 2.45) is 0 Å². The summed E-state index contributed by atoms with van der Waals surface area (Å²) in [5, 5.41) is 2.70. The Balaban J connectivity index is 1.60. The minimum Gasteiger partial charge on any atom is -0.484 e. The van der Waals surface area contributed by atoms with Crippen molar-refractivity contribution in [3.05, 3.63) is 53.8 Å². The van der Waals surface area contributed by atoms with E-state index in [4.69, 9.17) is 4.74 Å². The van der Waals surface area contributed by atoms with Crippen LogP contribution >= 0.6 is 0 Å². The standard InChI is InChI=1S/C17H15FN2O3/c1-20-15-6-5-13(7-11(15)8-17(20)22)19-16(21)10-23-14-4-2-3-12(18)9-14/h2-7,9H,8,10H2,1H3,(H,19,21). The van der Waals surface area contributed by atoms with E-state index in [0.717, 1.165) is 11.3 Å². The Morgan fingerprint density at radius 1 is 1.30 bits per heavy atom. The van der Waals surface area contributed by atoms with E-state index < -0.39 is 5.82 Å². The highest BCUT2D eigenvalue weighted by atomic mass is 19.1. The van der Waals surface area contributed by atoms with Crippen LogP contribution in [0.1, 0.15) is 5.56 Å². The average molecular weight is 314 g/mol. The van der Waals surface area contributed by atoms with E-state index in [0.29, 0.717) is 17.9 Å². The summed E-state index contributed by atoms with van der Waals surface area (Å²) in [6.45, 7) is -0.223. The zero-order chi connectivity index (χ0) is 16.4. The van der Waals surface area contributed by atoms with Crippen molar-refractivity contribution in [2.45, 2.75) is 6.42 Å². The molecule has 0 saturated heterocycles. The highest BCUT2D eigenvalue weighted by Crippen LogP contribution is 2.29. The fourth-order valence-corrected chi connectivity index (χ4v) is 2.45. The summed E-state index contributed by atoms with van der Waals surface area (Å²) in [5.41, 5.74) is 2.32. The zero-order valence-corrected chi connectivity index (χ0v) is 12.5. The molecule has 5 nitrogen and oxygen atoms in total. The first-order valence-electron chi connectivity index (χ1n) is 7.10. The molecule has 0 spiro atoms. The topological polar surface area (TPSA) is 58.6 Å². The first-order chi connectivity index (χ1) is 11.0. The molecule has 0 aromatic heterocycles. The molecule has 0 saturated carbocycles. The second-order valence-corrected chi connectivity index (χ2v) is 5.27. The van der Waals surface area contributed by atoms with E-state index in [2.05, 4.69) is 5.32 Å². The molecule has 3 rings (SSSR count). The molecule has 118 valence electrons. The molecule has 0 aliphatic carbocycles. The number of fused-ring (bicyclic) bond motifs is 1. The number of amides is 2. The lowest BCUT2D eigenvalue weighted by Gasteiger charge is -2.11. The monoisotopic (exact) mass is 314 g/mol. The van der Waals surface area contributed by atoms with Gasteiger partial charge in [-0.1, -0.05) is 6.07 Å². The van der Waals surface area contributed by atoms with Gasteiger partial charge in [0.2, 0.25) is 5.91 Å². The first-order valence-corrected chi connectivity index (χ1v) is 7.10. The lowest BCUT2D eigenvalue weighted by atomic mass is 10.1. The van der Waals surface area contributed by atoms with Gasteiger partial charge in [0.05, 0.1) is 6.42 Å². The summed E-state index contributed by atoms with van der Waals surface area (Å²) < 4.78 is 18.2. The number of carbonyl (C=O) groups excluding carboxylic acids is 2. The van der Waals surface area contributed by atoms with E-state index in [-0.39, 0.29) is 18.4 Å². The number of ether oxygens (including phenoxy) is 1. The average Bonchev–Trinajstić information content (AvgIpc) is 2.80. The molecule has 6 heteroatoms. The summed E-state index contributed by atoms with van der Waals surface area (Å²) in [7, 11) is 1.72. The molecule has 1 aliphatic rings. The Hall–Kier alpha value is -2.89. The van der Waals surface area contributed by atoms with Crippen LogP contribution in [0.15, 0.2) is 42.5 Å². The Morgan fingerprint density at radius 3 is 2.91 bits per heavy atom. The molecule has 2 aromatic rings. The quantitative estimate of drug-likeness (QED) is 0.942. The minimum atomic E-state index is -0.421. The van der Waals surface area contributed by atoms with Gasteiger partial charge < -0.3 is 15.0 Å². The van der Waals surface area contributed by atoms with Crippen LogP contribution in [0.5, 0.6) is 5.75 Å². The predicted octanol–water partition coefficient (Wildman–Crippen LogP) is 2.36. The number of halogens is 1. The second-order valence-electron chi connectivity index (χ2n) is 5.27. The molecular formula is C17H15FN2O3. The highest BCUT2D eigenvalue weighted by Gasteiger charge is 2.24. The number of hydrogen-bond donors (Lipinski definition) is 1. The summed E-state index contributed by atoms with van der Waals surface area (Å²) in [6.07, 6.45) is 0.329. The maximum atomic E-state index is 13.0. The van der Waals surface area contributed by atoms with Crippen molar-refractivity contribution in [1.82, 2.24) is 0 Å². The van der Waals surface area contributed by atoms with Crippen LogP contribution in [-0.4, -0.2) is 25.5 Å². The largest absolute Gasteiger partial charge is 0.484 e. The van der Waals surface area contributed by atoms with E-state index >= 15 is 0 Å². The highest BCUT2D eigenvalue weighted by molar-refractivity contribution is 6.02. The van der Waals surface area contributed by atoms with Crippen LogP contribution in [0.2, 0.25) is 0 Å². The number of hydrogen-bond acceptors (Lipinski definition) is 3. The SMILES string of the molecule is CN1C(=O)Cc2cc(NC(=O)COc3cccc(F)c3)ccc21. The molecule has 1 N–H and O–H groups in total. The van der Waals surface area contributed by atoms with Gasteiger partial charge in [0.1, 0.15) is 11.6 Å². The van der Waals surface area contributed by atoms with Crippen molar-refractivity contribution in [3.8, 4) is 5.75 Å². The molecule has 1 aliphatic heterocycles. The fourth-order valence-electron chi connectivity index (χ4n) is 2.45. The molecule has 2 aromatic carbocycles. The summed E-state index contributed by atoms with van der Waals surface area (Å²) >= 11 is 0. The van der Waals surface area contributed by atoms with Gasteiger partial charge in [-0.2, -0.15) is 0 Å². The summed E-state index contributed by atoms with van der Waals surface area (Å²) in [5.74, 6) is -0.457. The summed E-state index contributed by atoms with van der Waals surface area (Å²) in [6, 6.07) is 10.9. The van der Waals surface area contributed by atoms with E-state index in [1.807, 2.05) is 0 Å². The van der Waals surface area contributed by atoms with Crippen LogP contribution in [0.3, 0.4) is 0 Å². The number of anilines is 2. The Labute approximate surface area is 132 Å². The number of nitrogens with one attached hydrogen (secondary N) is 1. The van der Waals surface area contributed by atoms with Gasteiger partial charge in [-0.25, -0.2) is 4.39 Å². The molecule has 2 amide bonds. The second kappa shape index (κ2) is 6.08. The minimum absolute atomic E-state index is 0.0258.